The van der Waals surface area contributed by atoms with E-state index in [1.807, 2.05) is 37.5 Å². The largest absolute Gasteiger partial charge is 0.376 e. The molecular formula is C18H22N6O3S. The highest BCUT2D eigenvalue weighted by Crippen LogP contribution is 2.24. The van der Waals surface area contributed by atoms with Crippen molar-refractivity contribution in [2.75, 3.05) is 12.4 Å². The summed E-state index contributed by atoms with van der Waals surface area (Å²) in [6.07, 6.45) is 2.22. The van der Waals surface area contributed by atoms with Crippen molar-refractivity contribution in [1.29, 1.82) is 0 Å². The number of ether oxygens (including phenoxy) is 1. The first-order valence-corrected chi connectivity index (χ1v) is 10.2. The molecule has 3 aromatic rings. The Kier molecular flexibility index (Phi) is 5.31. The highest BCUT2D eigenvalue weighted by atomic mass is 32.2. The van der Waals surface area contributed by atoms with Crippen molar-refractivity contribution in [3.63, 3.8) is 0 Å². The van der Waals surface area contributed by atoms with E-state index >= 15 is 0 Å². The third-order valence-electron chi connectivity index (χ3n) is 4.81. The van der Waals surface area contributed by atoms with Gasteiger partial charge < -0.3 is 9.26 Å². The molecule has 28 heavy (non-hydrogen) atoms. The SMILES string of the molecule is Cc1cc(-n2c(C)cc(C(=O)CSc3nnnn3CC3CCCO3)c2C)no1. The predicted octanol–water partition coefficient (Wildman–Crippen LogP) is 2.53. The molecule has 3 aromatic heterocycles. The van der Waals surface area contributed by atoms with E-state index in [1.165, 1.54) is 11.8 Å². The lowest BCUT2D eigenvalue weighted by Gasteiger charge is -2.09. The van der Waals surface area contributed by atoms with Crippen LogP contribution in [0.3, 0.4) is 0 Å². The summed E-state index contributed by atoms with van der Waals surface area (Å²) in [5.74, 6) is 1.69. The van der Waals surface area contributed by atoms with E-state index < -0.39 is 0 Å². The van der Waals surface area contributed by atoms with E-state index in [0.29, 0.717) is 23.1 Å². The Morgan fingerprint density at radius 2 is 2.18 bits per heavy atom. The average molecular weight is 402 g/mol. The Hall–Kier alpha value is -2.46. The topological polar surface area (TPSA) is 101 Å². The van der Waals surface area contributed by atoms with Gasteiger partial charge in [0.25, 0.3) is 0 Å². The Morgan fingerprint density at radius 1 is 1.32 bits per heavy atom. The number of tetrazole rings is 1. The molecule has 4 heterocycles. The second kappa shape index (κ2) is 7.88. The first-order chi connectivity index (χ1) is 13.5. The number of carbonyl (C=O) groups is 1. The molecule has 0 spiro atoms. The number of thioether (sulfide) groups is 1. The van der Waals surface area contributed by atoms with E-state index in [2.05, 4.69) is 20.7 Å². The second-order valence-electron chi connectivity index (χ2n) is 6.91. The number of aryl methyl sites for hydroxylation is 2. The van der Waals surface area contributed by atoms with Crippen LogP contribution in [0, 0.1) is 20.8 Å². The summed E-state index contributed by atoms with van der Waals surface area (Å²) in [7, 11) is 0. The molecule has 0 aromatic carbocycles. The van der Waals surface area contributed by atoms with Gasteiger partial charge in [0.15, 0.2) is 11.6 Å². The van der Waals surface area contributed by atoms with Gasteiger partial charge in [-0.3, -0.25) is 9.36 Å². The van der Waals surface area contributed by atoms with Gasteiger partial charge in [0, 0.05) is 29.6 Å². The van der Waals surface area contributed by atoms with Crippen LogP contribution in [0.25, 0.3) is 5.82 Å². The zero-order chi connectivity index (χ0) is 19.7. The van der Waals surface area contributed by atoms with Gasteiger partial charge in [-0.15, -0.1) is 5.10 Å². The van der Waals surface area contributed by atoms with Gasteiger partial charge in [0.05, 0.1) is 18.4 Å². The smallest absolute Gasteiger partial charge is 0.209 e. The number of aromatic nitrogens is 6. The lowest BCUT2D eigenvalue weighted by molar-refractivity contribution is 0.0912. The quantitative estimate of drug-likeness (QED) is 0.439. The lowest BCUT2D eigenvalue weighted by atomic mass is 10.2. The van der Waals surface area contributed by atoms with Crippen LogP contribution >= 0.6 is 11.8 Å². The molecule has 1 aliphatic rings. The summed E-state index contributed by atoms with van der Waals surface area (Å²) < 4.78 is 14.5. The molecule has 0 N–H and O–H groups in total. The molecule has 0 bridgehead atoms. The van der Waals surface area contributed by atoms with Crippen molar-refractivity contribution in [3.8, 4) is 5.82 Å². The molecule has 1 atom stereocenters. The maximum atomic E-state index is 12.8. The molecule has 1 fully saturated rings. The third-order valence-corrected chi connectivity index (χ3v) is 5.77. The normalized spacial score (nSPS) is 16.8. The minimum Gasteiger partial charge on any atom is -0.376 e. The van der Waals surface area contributed by atoms with Crippen molar-refractivity contribution in [2.24, 2.45) is 0 Å². The second-order valence-corrected chi connectivity index (χ2v) is 7.85. The summed E-state index contributed by atoms with van der Waals surface area (Å²) in [4.78, 5) is 12.8. The number of Topliss-reactive ketones (excluding diaryl/α,β-unsaturated/α-hetero) is 1. The monoisotopic (exact) mass is 402 g/mol. The van der Waals surface area contributed by atoms with Gasteiger partial charge in [-0.2, -0.15) is 0 Å². The number of hydrogen-bond donors (Lipinski definition) is 0. The number of hydrogen-bond acceptors (Lipinski definition) is 8. The van der Waals surface area contributed by atoms with Crippen molar-refractivity contribution >= 4 is 17.5 Å². The molecule has 0 radical (unpaired) electrons. The van der Waals surface area contributed by atoms with Gasteiger partial charge in [0.1, 0.15) is 5.76 Å². The van der Waals surface area contributed by atoms with Gasteiger partial charge in [0.2, 0.25) is 5.16 Å². The minimum atomic E-state index is 0.0243. The van der Waals surface area contributed by atoms with Gasteiger partial charge in [-0.05, 0) is 50.1 Å². The van der Waals surface area contributed by atoms with Crippen LogP contribution in [-0.2, 0) is 11.3 Å². The number of rotatable bonds is 7. The zero-order valence-electron chi connectivity index (χ0n) is 16.1. The van der Waals surface area contributed by atoms with Crippen molar-refractivity contribution in [3.05, 3.63) is 34.8 Å². The molecule has 0 aliphatic carbocycles. The fourth-order valence-corrected chi connectivity index (χ4v) is 4.23. The van der Waals surface area contributed by atoms with E-state index in [1.54, 1.807) is 4.68 Å². The fourth-order valence-electron chi connectivity index (χ4n) is 3.46. The first kappa shape index (κ1) is 18.9. The Labute approximate surface area is 166 Å². The molecule has 1 saturated heterocycles. The summed E-state index contributed by atoms with van der Waals surface area (Å²) in [6, 6.07) is 3.74. The molecule has 4 rings (SSSR count). The Bertz CT molecular complexity index is 986. The van der Waals surface area contributed by atoms with Gasteiger partial charge in [-0.25, -0.2) is 4.68 Å². The van der Waals surface area contributed by atoms with E-state index in [4.69, 9.17) is 9.26 Å². The van der Waals surface area contributed by atoms with Crippen LogP contribution in [-0.4, -0.2) is 54.2 Å². The number of ketones is 1. The van der Waals surface area contributed by atoms with E-state index in [-0.39, 0.29) is 17.6 Å². The summed E-state index contributed by atoms with van der Waals surface area (Å²) >= 11 is 1.34. The lowest BCUT2D eigenvalue weighted by Crippen LogP contribution is -2.17. The number of nitrogens with zero attached hydrogens (tertiary/aromatic N) is 6. The molecule has 1 unspecified atom stereocenters. The van der Waals surface area contributed by atoms with E-state index in [9.17, 15) is 4.79 Å². The number of carbonyl (C=O) groups excluding carboxylic acids is 1. The van der Waals surface area contributed by atoms with Crippen molar-refractivity contribution in [2.45, 2.75) is 51.4 Å². The molecule has 0 saturated carbocycles. The van der Waals surface area contributed by atoms with Crippen LogP contribution in [0.1, 0.15) is 40.3 Å². The van der Waals surface area contributed by atoms with Gasteiger partial charge >= 0.3 is 0 Å². The summed E-state index contributed by atoms with van der Waals surface area (Å²) in [5, 5.41) is 16.5. The predicted molar refractivity (Wildman–Crippen MR) is 102 cm³/mol. The fraction of sp³-hybridized carbons (Fsp3) is 0.500. The zero-order valence-corrected chi connectivity index (χ0v) is 16.9. The first-order valence-electron chi connectivity index (χ1n) is 9.19. The summed E-state index contributed by atoms with van der Waals surface area (Å²) in [6.45, 7) is 7.10. The molecule has 1 aliphatic heterocycles. The van der Waals surface area contributed by atoms with Gasteiger partial charge in [-0.1, -0.05) is 16.9 Å². The highest BCUT2D eigenvalue weighted by Gasteiger charge is 2.21. The van der Waals surface area contributed by atoms with Crippen molar-refractivity contribution in [1.82, 2.24) is 29.9 Å². The van der Waals surface area contributed by atoms with E-state index in [0.717, 1.165) is 36.6 Å². The molecule has 0 amide bonds. The maximum absolute atomic E-state index is 12.8. The molecular weight excluding hydrogens is 380 g/mol. The maximum Gasteiger partial charge on any atom is 0.209 e. The van der Waals surface area contributed by atoms with Crippen LogP contribution in [0.5, 0.6) is 0 Å². The van der Waals surface area contributed by atoms with Crippen LogP contribution in [0.2, 0.25) is 0 Å². The average Bonchev–Trinajstić information content (AvgIpc) is 3.44. The Morgan fingerprint density at radius 3 is 2.89 bits per heavy atom. The molecule has 148 valence electrons. The van der Waals surface area contributed by atoms with Crippen molar-refractivity contribution < 1.29 is 14.1 Å². The van der Waals surface area contributed by atoms with Crippen LogP contribution < -0.4 is 0 Å². The molecule has 10 heteroatoms. The standard InChI is InChI=1S/C18H22N6O3S/c1-11-7-15(13(3)24(11)17-8-12(2)27-20-17)16(25)10-28-18-19-21-22-23(18)9-14-5-4-6-26-14/h7-8,14H,4-6,9-10H2,1-3H3. The third kappa shape index (κ3) is 3.74. The minimum absolute atomic E-state index is 0.0243. The Balaban J connectivity index is 1.46. The summed E-state index contributed by atoms with van der Waals surface area (Å²) in [5.41, 5.74) is 2.45. The highest BCUT2D eigenvalue weighted by molar-refractivity contribution is 7.99. The van der Waals surface area contributed by atoms with Crippen LogP contribution in [0.4, 0.5) is 0 Å². The van der Waals surface area contributed by atoms with Crippen LogP contribution in [0.15, 0.2) is 21.8 Å². The molecule has 9 nitrogen and oxygen atoms in total.